The third kappa shape index (κ3) is 1.91. The van der Waals surface area contributed by atoms with E-state index in [1.165, 1.54) is 24.2 Å². The largest absolute Gasteiger partial charge is 0.322 e. The second kappa shape index (κ2) is 4.19. The number of hydrogen-bond donors (Lipinski definition) is 0. The van der Waals surface area contributed by atoms with Crippen LogP contribution in [0.1, 0.15) is 30.1 Å². The highest BCUT2D eigenvalue weighted by Crippen LogP contribution is 2.40. The van der Waals surface area contributed by atoms with Crippen molar-refractivity contribution in [3.05, 3.63) is 60.0 Å². The summed E-state index contributed by atoms with van der Waals surface area (Å²) in [5.74, 6) is 1.84. The molecular formula is C16H15N3. The molecule has 19 heavy (non-hydrogen) atoms. The Morgan fingerprint density at radius 2 is 1.89 bits per heavy atom. The summed E-state index contributed by atoms with van der Waals surface area (Å²) in [6.45, 7) is 0.884. The molecule has 1 aliphatic carbocycles. The van der Waals surface area contributed by atoms with Gasteiger partial charge in [0.25, 0.3) is 0 Å². The third-order valence-corrected chi connectivity index (χ3v) is 3.68. The Labute approximate surface area is 111 Å². The van der Waals surface area contributed by atoms with Crippen LogP contribution in [-0.2, 0) is 6.54 Å². The summed E-state index contributed by atoms with van der Waals surface area (Å²) in [6.07, 6.45) is 4.34. The van der Waals surface area contributed by atoms with Crippen LogP contribution in [0.5, 0.6) is 0 Å². The van der Waals surface area contributed by atoms with Crippen molar-refractivity contribution in [3.63, 3.8) is 0 Å². The highest BCUT2D eigenvalue weighted by molar-refractivity contribution is 5.71. The molecule has 1 fully saturated rings. The van der Waals surface area contributed by atoms with E-state index in [-0.39, 0.29) is 0 Å². The summed E-state index contributed by atoms with van der Waals surface area (Å²) >= 11 is 0. The van der Waals surface area contributed by atoms with E-state index < -0.39 is 0 Å². The Balaban J connectivity index is 1.84. The molecule has 1 aliphatic rings. The van der Waals surface area contributed by atoms with Crippen molar-refractivity contribution in [1.29, 1.82) is 0 Å². The van der Waals surface area contributed by atoms with Gasteiger partial charge in [0.2, 0.25) is 0 Å². The number of fused-ring (bicyclic) bond motifs is 1. The van der Waals surface area contributed by atoms with E-state index in [9.17, 15) is 0 Å². The molecular weight excluding hydrogens is 234 g/mol. The van der Waals surface area contributed by atoms with E-state index in [2.05, 4.69) is 45.9 Å². The molecule has 2 heterocycles. The van der Waals surface area contributed by atoms with Gasteiger partial charge in [0.1, 0.15) is 5.82 Å². The van der Waals surface area contributed by atoms with Crippen LogP contribution in [-0.4, -0.2) is 14.5 Å². The van der Waals surface area contributed by atoms with Gasteiger partial charge in [0, 0.05) is 18.7 Å². The first-order valence-electron chi connectivity index (χ1n) is 6.77. The van der Waals surface area contributed by atoms with Gasteiger partial charge in [-0.15, -0.1) is 0 Å². The number of rotatable bonds is 3. The predicted octanol–water partition coefficient (Wildman–Crippen LogP) is 3.36. The minimum atomic E-state index is 0.637. The first-order chi connectivity index (χ1) is 9.42. The minimum absolute atomic E-state index is 0.637. The zero-order valence-corrected chi connectivity index (χ0v) is 10.7. The van der Waals surface area contributed by atoms with Gasteiger partial charge < -0.3 is 4.57 Å². The maximum atomic E-state index is 4.72. The maximum Gasteiger partial charge on any atom is 0.177 e. The molecule has 0 unspecified atom stereocenters. The standard InChI is InChI=1S/C16H15N3/c1-2-5-12(6-3-1)11-19-14-7-4-10-17-15(14)18-16(19)13-8-9-13/h1-7,10,13H,8-9,11H2. The summed E-state index contributed by atoms with van der Waals surface area (Å²) in [5, 5.41) is 0. The van der Waals surface area contributed by atoms with Crippen molar-refractivity contribution in [2.75, 3.05) is 0 Å². The van der Waals surface area contributed by atoms with Gasteiger partial charge in [0.05, 0.1) is 5.52 Å². The minimum Gasteiger partial charge on any atom is -0.322 e. The predicted molar refractivity (Wildman–Crippen MR) is 75.0 cm³/mol. The molecule has 0 amide bonds. The lowest BCUT2D eigenvalue weighted by Gasteiger charge is -2.08. The molecule has 3 aromatic rings. The SMILES string of the molecule is c1ccc(Cn2c(C3CC3)nc3ncccc32)cc1. The van der Waals surface area contributed by atoms with E-state index in [0.29, 0.717) is 5.92 Å². The van der Waals surface area contributed by atoms with Crippen LogP contribution in [0.25, 0.3) is 11.2 Å². The van der Waals surface area contributed by atoms with Gasteiger partial charge in [-0.2, -0.15) is 0 Å². The third-order valence-electron chi connectivity index (χ3n) is 3.68. The lowest BCUT2D eigenvalue weighted by atomic mass is 10.2. The number of hydrogen-bond acceptors (Lipinski definition) is 2. The highest BCUT2D eigenvalue weighted by atomic mass is 15.1. The topological polar surface area (TPSA) is 30.7 Å². The molecule has 0 radical (unpaired) electrons. The monoisotopic (exact) mass is 249 g/mol. The second-order valence-electron chi connectivity index (χ2n) is 5.16. The number of imidazole rings is 1. The van der Waals surface area contributed by atoms with E-state index >= 15 is 0 Å². The molecule has 3 nitrogen and oxygen atoms in total. The number of pyridine rings is 1. The first-order valence-corrected chi connectivity index (χ1v) is 6.77. The van der Waals surface area contributed by atoms with Crippen molar-refractivity contribution >= 4 is 11.2 Å². The summed E-state index contributed by atoms with van der Waals surface area (Å²) < 4.78 is 2.33. The molecule has 94 valence electrons. The fourth-order valence-corrected chi connectivity index (χ4v) is 2.56. The van der Waals surface area contributed by atoms with Crippen molar-refractivity contribution in [1.82, 2.24) is 14.5 Å². The molecule has 0 spiro atoms. The van der Waals surface area contributed by atoms with E-state index in [1.54, 1.807) is 0 Å². The summed E-state index contributed by atoms with van der Waals surface area (Å²) in [6, 6.07) is 14.7. The quantitative estimate of drug-likeness (QED) is 0.712. The maximum absolute atomic E-state index is 4.72. The fourth-order valence-electron chi connectivity index (χ4n) is 2.56. The summed E-state index contributed by atoms with van der Waals surface area (Å²) in [4.78, 5) is 9.11. The van der Waals surface area contributed by atoms with Crippen molar-refractivity contribution in [3.8, 4) is 0 Å². The van der Waals surface area contributed by atoms with Crippen LogP contribution in [0.2, 0.25) is 0 Å². The van der Waals surface area contributed by atoms with Gasteiger partial charge in [-0.1, -0.05) is 30.3 Å². The zero-order chi connectivity index (χ0) is 12.7. The molecule has 0 saturated heterocycles. The van der Waals surface area contributed by atoms with Crippen molar-refractivity contribution in [2.45, 2.75) is 25.3 Å². The Morgan fingerprint density at radius 3 is 2.68 bits per heavy atom. The second-order valence-corrected chi connectivity index (χ2v) is 5.16. The van der Waals surface area contributed by atoms with Crippen LogP contribution in [0.3, 0.4) is 0 Å². The lowest BCUT2D eigenvalue weighted by molar-refractivity contribution is 0.747. The van der Waals surface area contributed by atoms with Gasteiger partial charge in [-0.05, 0) is 30.5 Å². The van der Waals surface area contributed by atoms with Crippen LogP contribution in [0.4, 0.5) is 0 Å². The molecule has 1 aromatic carbocycles. The summed E-state index contributed by atoms with van der Waals surface area (Å²) in [7, 11) is 0. The molecule has 0 aliphatic heterocycles. The van der Waals surface area contributed by atoms with E-state index in [1.807, 2.05) is 12.3 Å². The van der Waals surface area contributed by atoms with Gasteiger partial charge >= 0.3 is 0 Å². The average molecular weight is 249 g/mol. The normalized spacial score (nSPS) is 14.9. The Kier molecular flexibility index (Phi) is 2.37. The van der Waals surface area contributed by atoms with E-state index in [0.717, 1.165) is 17.7 Å². The Hall–Kier alpha value is -2.16. The molecule has 2 aromatic heterocycles. The van der Waals surface area contributed by atoms with Crippen LogP contribution in [0.15, 0.2) is 48.7 Å². The van der Waals surface area contributed by atoms with Crippen LogP contribution in [0, 0.1) is 0 Å². The first kappa shape index (κ1) is 10.7. The molecule has 0 atom stereocenters. The lowest BCUT2D eigenvalue weighted by Crippen LogP contribution is -2.04. The molecule has 1 saturated carbocycles. The zero-order valence-electron chi connectivity index (χ0n) is 10.7. The van der Waals surface area contributed by atoms with Gasteiger partial charge in [-0.3, -0.25) is 0 Å². The fraction of sp³-hybridized carbons (Fsp3) is 0.250. The number of aromatic nitrogens is 3. The molecule has 0 bridgehead atoms. The average Bonchev–Trinajstić information content (AvgIpc) is 3.24. The molecule has 3 heteroatoms. The van der Waals surface area contributed by atoms with Crippen LogP contribution >= 0.6 is 0 Å². The number of benzene rings is 1. The van der Waals surface area contributed by atoms with Gasteiger partial charge in [-0.25, -0.2) is 9.97 Å². The Morgan fingerprint density at radius 1 is 1.05 bits per heavy atom. The summed E-state index contributed by atoms with van der Waals surface area (Å²) in [5.41, 5.74) is 3.33. The van der Waals surface area contributed by atoms with Crippen molar-refractivity contribution in [2.24, 2.45) is 0 Å². The number of nitrogens with zero attached hydrogens (tertiary/aromatic N) is 3. The van der Waals surface area contributed by atoms with Crippen LogP contribution < -0.4 is 0 Å². The van der Waals surface area contributed by atoms with Crippen molar-refractivity contribution < 1.29 is 0 Å². The van der Waals surface area contributed by atoms with Gasteiger partial charge in [0.15, 0.2) is 5.65 Å². The van der Waals surface area contributed by atoms with E-state index in [4.69, 9.17) is 4.98 Å². The Bertz CT molecular complexity index is 711. The smallest absolute Gasteiger partial charge is 0.177 e. The highest BCUT2D eigenvalue weighted by Gasteiger charge is 2.29. The molecule has 0 N–H and O–H groups in total. The molecule has 4 rings (SSSR count).